The first-order valence-electron chi connectivity index (χ1n) is 2.78. The van der Waals surface area contributed by atoms with Gasteiger partial charge in [-0.15, -0.1) is 0 Å². The van der Waals surface area contributed by atoms with Crippen molar-refractivity contribution in [2.45, 2.75) is 39.9 Å². The van der Waals surface area contributed by atoms with Crippen LogP contribution in [0.15, 0.2) is 0 Å². The molecule has 8 heavy (non-hydrogen) atoms. The molecule has 0 N–H and O–H groups in total. The second-order valence-electron chi connectivity index (χ2n) is 2.23. The summed E-state index contributed by atoms with van der Waals surface area (Å²) in [6.07, 6.45) is 0.750. The van der Waals surface area contributed by atoms with E-state index < -0.39 is 0 Å². The van der Waals surface area contributed by atoms with Crippen LogP contribution in [-0.2, 0) is 4.74 Å². The fraction of sp³-hybridized carbons (Fsp3) is 1.00. The summed E-state index contributed by atoms with van der Waals surface area (Å²) in [6.45, 7) is 8.17. The Kier molecular flexibility index (Phi) is 9.96. The largest absolute Gasteiger partial charge is 2.00 e. The predicted octanol–water partition coefficient (Wildman–Crippen LogP) is 1.66. The molecule has 0 aliphatic rings. The van der Waals surface area contributed by atoms with Gasteiger partial charge in [0.2, 0.25) is 0 Å². The van der Waals surface area contributed by atoms with Crippen molar-refractivity contribution in [2.24, 2.45) is 0 Å². The Bertz CT molecular complexity index is 45.0. The molecule has 0 bridgehead atoms. The van der Waals surface area contributed by atoms with Crippen LogP contribution < -0.4 is 0 Å². The van der Waals surface area contributed by atoms with E-state index in [0.717, 1.165) is 0 Å². The minimum atomic E-state index is 0. The van der Waals surface area contributed by atoms with Crippen molar-refractivity contribution in [3.8, 4) is 0 Å². The summed E-state index contributed by atoms with van der Waals surface area (Å²) in [7, 11) is 0. The van der Waals surface area contributed by atoms with Gasteiger partial charge in [0.05, 0.1) is 12.2 Å². The van der Waals surface area contributed by atoms with Gasteiger partial charge in [0.15, 0.2) is 0 Å². The average molecular weight is 192 g/mol. The molecule has 1 nitrogen and oxygen atoms in total. The molecular formula is C6H16OSr. The van der Waals surface area contributed by atoms with E-state index in [2.05, 4.69) is 0 Å². The Morgan fingerprint density at radius 2 is 1.25 bits per heavy atom. The number of hydrogen-bond acceptors (Lipinski definition) is 1. The zero-order valence-corrected chi connectivity index (χ0v) is 9.75. The Morgan fingerprint density at radius 1 is 1.00 bits per heavy atom. The molecule has 0 spiro atoms. The Morgan fingerprint density at radius 3 is 1.25 bits per heavy atom. The van der Waals surface area contributed by atoms with Gasteiger partial charge in [0, 0.05) is 0 Å². The molecule has 0 saturated heterocycles. The standard InChI is InChI=1S/C6H14O.Sr.2H/c1-5(2)7-6(3)4;;;/h5-6H,1-4H3;;;/q;+2;2*-1. The Labute approximate surface area is 92.0 Å². The molecule has 0 aromatic carbocycles. The van der Waals surface area contributed by atoms with Gasteiger partial charge in [-0.05, 0) is 27.7 Å². The topological polar surface area (TPSA) is 9.23 Å². The van der Waals surface area contributed by atoms with E-state index in [9.17, 15) is 0 Å². The van der Waals surface area contributed by atoms with Crippen LogP contribution in [0.4, 0.5) is 0 Å². The molecule has 2 heteroatoms. The molecule has 0 amide bonds. The van der Waals surface area contributed by atoms with Crippen molar-refractivity contribution in [1.29, 1.82) is 0 Å². The molecule has 0 unspecified atom stereocenters. The molecule has 0 aliphatic heterocycles. The molecule has 48 valence electrons. The molecule has 0 aliphatic carbocycles. The van der Waals surface area contributed by atoms with Gasteiger partial charge in [-0.3, -0.25) is 0 Å². The zero-order valence-electron chi connectivity index (χ0n) is 8.27. The Hall–Kier alpha value is 1.44. The first kappa shape index (κ1) is 12.1. The summed E-state index contributed by atoms with van der Waals surface area (Å²) in [5.41, 5.74) is 0. The third-order valence-corrected chi connectivity index (χ3v) is 0.544. The van der Waals surface area contributed by atoms with Crippen LogP contribution in [0.3, 0.4) is 0 Å². The van der Waals surface area contributed by atoms with Crippen molar-refractivity contribution >= 4 is 45.5 Å². The van der Waals surface area contributed by atoms with Crippen LogP contribution in [-0.4, -0.2) is 57.7 Å². The molecular weight excluding hydrogens is 176 g/mol. The maximum absolute atomic E-state index is 5.25. The molecule has 0 heterocycles. The van der Waals surface area contributed by atoms with Crippen molar-refractivity contribution in [1.82, 2.24) is 0 Å². The number of hydrogen-bond donors (Lipinski definition) is 0. The molecule has 0 aromatic rings. The molecule has 0 saturated carbocycles. The van der Waals surface area contributed by atoms with E-state index in [4.69, 9.17) is 4.74 Å². The minimum Gasteiger partial charge on any atom is -1.00 e. The normalized spacial score (nSPS) is 9.75. The molecule has 0 radical (unpaired) electrons. The zero-order chi connectivity index (χ0) is 5.86. The van der Waals surface area contributed by atoms with Gasteiger partial charge in [-0.25, -0.2) is 0 Å². The summed E-state index contributed by atoms with van der Waals surface area (Å²) < 4.78 is 5.25. The van der Waals surface area contributed by atoms with Crippen molar-refractivity contribution in [2.75, 3.05) is 0 Å². The fourth-order valence-corrected chi connectivity index (χ4v) is 0.544. The molecule has 0 aromatic heterocycles. The van der Waals surface area contributed by atoms with Gasteiger partial charge in [0.1, 0.15) is 0 Å². The predicted molar refractivity (Wildman–Crippen MR) is 39.3 cm³/mol. The first-order valence-corrected chi connectivity index (χ1v) is 2.78. The van der Waals surface area contributed by atoms with Crippen molar-refractivity contribution in [3.05, 3.63) is 0 Å². The third kappa shape index (κ3) is 10.4. The average Bonchev–Trinajstić information content (AvgIpc) is 1.27. The SMILES string of the molecule is CC(C)OC(C)C.[H-].[H-].[Sr+2]. The summed E-state index contributed by atoms with van der Waals surface area (Å²) in [6, 6.07) is 0. The second-order valence-corrected chi connectivity index (χ2v) is 2.23. The maximum atomic E-state index is 5.25. The van der Waals surface area contributed by atoms with Crippen LogP contribution in [0.2, 0.25) is 0 Å². The fourth-order valence-electron chi connectivity index (χ4n) is 0.544. The van der Waals surface area contributed by atoms with Gasteiger partial charge in [0.25, 0.3) is 0 Å². The minimum absolute atomic E-state index is 0. The Balaban J connectivity index is -0.0000000600. The number of ether oxygens (including phenoxy) is 1. The van der Waals surface area contributed by atoms with E-state index in [1.807, 2.05) is 27.7 Å². The van der Waals surface area contributed by atoms with Crippen LogP contribution >= 0.6 is 0 Å². The smallest absolute Gasteiger partial charge is 1.00 e. The van der Waals surface area contributed by atoms with Crippen molar-refractivity contribution in [3.63, 3.8) is 0 Å². The summed E-state index contributed by atoms with van der Waals surface area (Å²) in [4.78, 5) is 0. The second kappa shape index (κ2) is 6.56. The molecule has 0 atom stereocenters. The monoisotopic (exact) mass is 192 g/mol. The maximum Gasteiger partial charge on any atom is 2.00 e. The van der Waals surface area contributed by atoms with E-state index in [-0.39, 0.29) is 48.3 Å². The van der Waals surface area contributed by atoms with Crippen LogP contribution in [0.1, 0.15) is 30.5 Å². The summed E-state index contributed by atoms with van der Waals surface area (Å²) >= 11 is 0. The number of rotatable bonds is 2. The van der Waals surface area contributed by atoms with Gasteiger partial charge < -0.3 is 7.59 Å². The van der Waals surface area contributed by atoms with Crippen molar-refractivity contribution < 1.29 is 7.59 Å². The quantitative estimate of drug-likeness (QED) is 0.604. The van der Waals surface area contributed by atoms with Crippen LogP contribution in [0.25, 0.3) is 0 Å². The van der Waals surface area contributed by atoms with Gasteiger partial charge >= 0.3 is 45.5 Å². The third-order valence-electron chi connectivity index (χ3n) is 0.544. The molecule has 0 rings (SSSR count). The van der Waals surface area contributed by atoms with E-state index >= 15 is 0 Å². The van der Waals surface area contributed by atoms with Crippen LogP contribution in [0.5, 0.6) is 0 Å². The van der Waals surface area contributed by atoms with Gasteiger partial charge in [-0.2, -0.15) is 0 Å². The first-order chi connectivity index (χ1) is 3.13. The van der Waals surface area contributed by atoms with E-state index in [0.29, 0.717) is 12.2 Å². The van der Waals surface area contributed by atoms with Gasteiger partial charge in [-0.1, -0.05) is 0 Å². The summed E-state index contributed by atoms with van der Waals surface area (Å²) in [5.74, 6) is 0. The molecule has 0 fully saturated rings. The van der Waals surface area contributed by atoms with E-state index in [1.54, 1.807) is 0 Å². The summed E-state index contributed by atoms with van der Waals surface area (Å²) in [5, 5.41) is 0. The van der Waals surface area contributed by atoms with Crippen LogP contribution in [0, 0.1) is 0 Å². The van der Waals surface area contributed by atoms with E-state index in [1.165, 1.54) is 0 Å².